The molecule has 2 saturated heterocycles. The predicted molar refractivity (Wildman–Crippen MR) is 144 cm³/mol. The average molecular weight is 638 g/mol. The number of aliphatic hydroxyl groups is 8. The minimum absolute atomic E-state index is 0.0503. The van der Waals surface area contributed by atoms with Crippen molar-refractivity contribution in [3.05, 3.63) is 59.7 Å². The molecule has 0 aliphatic carbocycles. The first-order chi connectivity index (χ1) is 21.6. The molecule has 19 nitrogen and oxygen atoms in total. The number of benzene rings is 1. The molecule has 2 aliphatic heterocycles. The second kappa shape index (κ2) is 14.2. The molecule has 8 N–H and O–H groups in total. The van der Waals surface area contributed by atoms with Crippen LogP contribution < -0.4 is 0 Å². The largest absolute Gasteiger partial charge is 0.445 e. The average Bonchev–Trinajstić information content (AvgIpc) is 3.72. The Morgan fingerprint density at radius 2 is 1.20 bits per heavy atom. The van der Waals surface area contributed by atoms with Crippen LogP contribution in [0.3, 0.4) is 0 Å². The lowest BCUT2D eigenvalue weighted by Gasteiger charge is -2.39. The van der Waals surface area contributed by atoms with E-state index in [1.54, 1.807) is 24.3 Å². The second-order valence-corrected chi connectivity index (χ2v) is 10.7. The number of carbonyl (C=O) groups excluding carboxylic acids is 1. The summed E-state index contributed by atoms with van der Waals surface area (Å²) in [6.07, 6.45) is -12.7. The van der Waals surface area contributed by atoms with Gasteiger partial charge in [-0.2, -0.15) is 0 Å². The van der Waals surface area contributed by atoms with Gasteiger partial charge in [-0.25, -0.2) is 14.2 Å². The van der Waals surface area contributed by atoms with Crippen molar-refractivity contribution in [3.63, 3.8) is 0 Å². The maximum Gasteiger partial charge on any atom is 0.410 e. The van der Waals surface area contributed by atoms with Gasteiger partial charge in [0.25, 0.3) is 0 Å². The van der Waals surface area contributed by atoms with E-state index in [1.807, 2.05) is 6.07 Å². The summed E-state index contributed by atoms with van der Waals surface area (Å²) in [4.78, 5) is 14.5. The maximum atomic E-state index is 13.3. The van der Waals surface area contributed by atoms with Crippen LogP contribution in [0, 0.1) is 0 Å². The lowest BCUT2D eigenvalue weighted by molar-refractivity contribution is -0.254. The molecular formula is C26H35N7O12. The van der Waals surface area contributed by atoms with E-state index in [2.05, 4.69) is 20.6 Å². The molecule has 1 aromatic carbocycles. The molecule has 4 heterocycles. The second-order valence-electron chi connectivity index (χ2n) is 10.7. The van der Waals surface area contributed by atoms with E-state index in [-0.39, 0.29) is 31.1 Å². The van der Waals surface area contributed by atoms with Gasteiger partial charge in [-0.05, 0) is 5.56 Å². The summed E-state index contributed by atoms with van der Waals surface area (Å²) in [5, 5.41) is 96.1. The summed E-state index contributed by atoms with van der Waals surface area (Å²) >= 11 is 0. The molecule has 19 heteroatoms. The number of aromatic nitrogens is 6. The molecule has 2 aromatic heterocycles. The highest BCUT2D eigenvalue weighted by molar-refractivity contribution is 5.67. The summed E-state index contributed by atoms with van der Waals surface area (Å²) in [5.74, 6) is 0. The van der Waals surface area contributed by atoms with Crippen LogP contribution >= 0.6 is 0 Å². The van der Waals surface area contributed by atoms with E-state index in [0.717, 1.165) is 14.9 Å². The van der Waals surface area contributed by atoms with Crippen molar-refractivity contribution in [3.8, 4) is 0 Å². The Kier molecular flexibility index (Phi) is 10.3. The highest BCUT2D eigenvalue weighted by Gasteiger charge is 2.46. The standard InChI is InChI=1S/C26H35N7O12/c34-10-16-18(36)20(38)22(40)24(44-16)32-8-14(27-29-32)6-31(26(42)43-12-13-4-2-1-3-5-13)7-15-9-33(30-28-15)25-23(41)21(39)19(37)17(11-35)45-25/h1-5,8-9,16-25,34-41H,6-7,10-12H2/t16-,17-,18-,19-,20+,21+,22+,23+,24+,25+/m1/s1. The maximum absolute atomic E-state index is 13.3. The smallest absolute Gasteiger partial charge is 0.410 e. The number of hydrogen-bond donors (Lipinski definition) is 8. The molecule has 1 amide bonds. The van der Waals surface area contributed by atoms with Crippen LogP contribution in [0.2, 0.25) is 0 Å². The Labute approximate surface area is 255 Å². The van der Waals surface area contributed by atoms with E-state index in [0.29, 0.717) is 0 Å². The zero-order valence-electron chi connectivity index (χ0n) is 23.7. The Hall–Kier alpha value is -3.63. The third kappa shape index (κ3) is 7.12. The Morgan fingerprint density at radius 3 is 1.64 bits per heavy atom. The number of ether oxygens (including phenoxy) is 3. The minimum atomic E-state index is -1.63. The monoisotopic (exact) mass is 637 g/mol. The Balaban J connectivity index is 1.33. The number of carbonyl (C=O) groups is 1. The quantitative estimate of drug-likeness (QED) is 0.106. The molecule has 2 aliphatic rings. The Bertz CT molecular complexity index is 1320. The number of amides is 1. The van der Waals surface area contributed by atoms with E-state index in [9.17, 15) is 45.6 Å². The van der Waals surface area contributed by atoms with Gasteiger partial charge in [-0.15, -0.1) is 10.2 Å². The van der Waals surface area contributed by atoms with Crippen LogP contribution in [0.25, 0.3) is 0 Å². The van der Waals surface area contributed by atoms with Crippen molar-refractivity contribution in [2.24, 2.45) is 0 Å². The first-order valence-corrected chi connectivity index (χ1v) is 14.0. The van der Waals surface area contributed by atoms with Gasteiger partial charge < -0.3 is 55.1 Å². The van der Waals surface area contributed by atoms with Crippen LogP contribution in [-0.4, -0.2) is 144 Å². The van der Waals surface area contributed by atoms with Gasteiger partial charge in [0, 0.05) is 0 Å². The molecule has 45 heavy (non-hydrogen) atoms. The van der Waals surface area contributed by atoms with Gasteiger partial charge in [0.2, 0.25) is 0 Å². The molecule has 0 spiro atoms. The van der Waals surface area contributed by atoms with E-state index >= 15 is 0 Å². The van der Waals surface area contributed by atoms with Crippen LogP contribution in [0.15, 0.2) is 42.7 Å². The number of aliphatic hydroxyl groups excluding tert-OH is 8. The van der Waals surface area contributed by atoms with Crippen molar-refractivity contribution in [2.45, 2.75) is 81.0 Å². The highest BCUT2D eigenvalue weighted by Crippen LogP contribution is 2.29. The third-order valence-corrected chi connectivity index (χ3v) is 7.54. The summed E-state index contributed by atoms with van der Waals surface area (Å²) in [7, 11) is 0. The fraction of sp³-hybridized carbons (Fsp3) is 0.577. The lowest BCUT2D eigenvalue weighted by atomic mass is 9.98. The molecular weight excluding hydrogens is 602 g/mol. The van der Waals surface area contributed by atoms with Gasteiger partial charge in [0.05, 0.1) is 38.7 Å². The van der Waals surface area contributed by atoms with E-state index in [1.165, 1.54) is 17.3 Å². The minimum Gasteiger partial charge on any atom is -0.445 e. The third-order valence-electron chi connectivity index (χ3n) is 7.54. The zero-order valence-corrected chi connectivity index (χ0v) is 23.7. The molecule has 0 radical (unpaired) electrons. The number of hydrogen-bond acceptors (Lipinski definition) is 16. The van der Waals surface area contributed by atoms with E-state index in [4.69, 9.17) is 14.2 Å². The fourth-order valence-corrected chi connectivity index (χ4v) is 5.01. The van der Waals surface area contributed by atoms with Gasteiger partial charge >= 0.3 is 6.09 Å². The van der Waals surface area contributed by atoms with Crippen molar-refractivity contribution >= 4 is 6.09 Å². The fourth-order valence-electron chi connectivity index (χ4n) is 5.01. The summed E-state index contributed by atoms with van der Waals surface area (Å²) < 4.78 is 18.7. The normalized spacial score (nSPS) is 31.9. The predicted octanol–water partition coefficient (Wildman–Crippen LogP) is -3.85. The summed E-state index contributed by atoms with van der Waals surface area (Å²) in [6, 6.07) is 8.94. The van der Waals surface area contributed by atoms with Gasteiger partial charge in [0.15, 0.2) is 12.5 Å². The summed E-state index contributed by atoms with van der Waals surface area (Å²) in [5.41, 5.74) is 1.13. The molecule has 0 bridgehead atoms. The topological polar surface area (TPSA) is 271 Å². The summed E-state index contributed by atoms with van der Waals surface area (Å²) in [6.45, 7) is -1.71. The van der Waals surface area contributed by atoms with Gasteiger partial charge in [0.1, 0.15) is 66.8 Å². The van der Waals surface area contributed by atoms with Crippen molar-refractivity contribution in [1.29, 1.82) is 0 Å². The Morgan fingerprint density at radius 1 is 0.733 bits per heavy atom. The van der Waals surface area contributed by atoms with Crippen molar-refractivity contribution in [2.75, 3.05) is 13.2 Å². The number of rotatable bonds is 10. The number of nitrogens with zero attached hydrogens (tertiary/aromatic N) is 7. The molecule has 0 unspecified atom stereocenters. The SMILES string of the molecule is O=C(OCc1ccccc1)N(Cc1cn([C@H]2O[C@H](CO)[C@@H](O)[C@H](O)[C@@H]2O)nn1)Cc1cn([C@H]2O[C@H](CO)[C@@H](O)[C@H](O)[C@@H]2O)nn1. The molecule has 2 fully saturated rings. The van der Waals surface area contributed by atoms with Crippen molar-refractivity contribution in [1.82, 2.24) is 34.9 Å². The van der Waals surface area contributed by atoms with Crippen molar-refractivity contribution < 1.29 is 59.9 Å². The van der Waals surface area contributed by atoms with Crippen LogP contribution in [0.1, 0.15) is 29.4 Å². The van der Waals surface area contributed by atoms with Gasteiger partial charge in [-0.3, -0.25) is 4.90 Å². The molecule has 0 saturated carbocycles. The highest BCUT2D eigenvalue weighted by atomic mass is 16.6. The molecule has 246 valence electrons. The first kappa shape index (κ1) is 32.8. The zero-order chi connectivity index (χ0) is 32.2. The van der Waals surface area contributed by atoms with E-state index < -0.39 is 80.6 Å². The molecule has 10 atom stereocenters. The molecule has 5 rings (SSSR count). The lowest BCUT2D eigenvalue weighted by Crippen LogP contribution is -2.56. The van der Waals surface area contributed by atoms with Gasteiger partial charge in [-0.1, -0.05) is 40.8 Å². The van der Waals surface area contributed by atoms with Crippen LogP contribution in [0.5, 0.6) is 0 Å². The van der Waals surface area contributed by atoms with Crippen LogP contribution in [0.4, 0.5) is 4.79 Å². The first-order valence-electron chi connectivity index (χ1n) is 14.0. The van der Waals surface area contributed by atoms with Crippen LogP contribution in [-0.2, 0) is 33.9 Å². The molecule has 3 aromatic rings.